The fraction of sp³-hybridized carbons (Fsp3) is 0.409. The zero-order valence-corrected chi connectivity index (χ0v) is 15.2. The molecule has 0 unspecified atom stereocenters. The Morgan fingerprint density at radius 1 is 0.846 bits per heavy atom. The molecule has 0 aliphatic rings. The molecule has 0 spiro atoms. The molecule has 0 aliphatic heterocycles. The van der Waals surface area contributed by atoms with E-state index < -0.39 is 0 Å². The van der Waals surface area contributed by atoms with Crippen molar-refractivity contribution in [2.24, 2.45) is 0 Å². The van der Waals surface area contributed by atoms with Gasteiger partial charge < -0.3 is 15.3 Å². The van der Waals surface area contributed by atoms with Gasteiger partial charge in [0.2, 0.25) is 0 Å². The monoisotopic (exact) mass is 357 g/mol. The SMILES string of the molecule is N=C(Cc1ccc(F)cc1)c1ccc(OCCCCCCCCO)cc1. The lowest BCUT2D eigenvalue weighted by Crippen LogP contribution is -2.04. The van der Waals surface area contributed by atoms with Crippen LogP contribution in [-0.4, -0.2) is 24.0 Å². The lowest BCUT2D eigenvalue weighted by Gasteiger charge is -2.08. The molecule has 0 aromatic heterocycles. The van der Waals surface area contributed by atoms with Crippen LogP contribution in [0.25, 0.3) is 0 Å². The second kappa shape index (κ2) is 11.4. The minimum atomic E-state index is -0.257. The van der Waals surface area contributed by atoms with Gasteiger partial charge in [0.05, 0.1) is 6.61 Å². The summed E-state index contributed by atoms with van der Waals surface area (Å²) in [6.45, 7) is 0.993. The van der Waals surface area contributed by atoms with Gasteiger partial charge >= 0.3 is 0 Å². The van der Waals surface area contributed by atoms with Crippen molar-refractivity contribution in [1.82, 2.24) is 0 Å². The maximum absolute atomic E-state index is 12.9. The number of unbranched alkanes of at least 4 members (excludes halogenated alkanes) is 5. The van der Waals surface area contributed by atoms with E-state index in [4.69, 9.17) is 15.3 Å². The molecule has 0 bridgehead atoms. The number of benzene rings is 2. The average Bonchev–Trinajstić information content (AvgIpc) is 2.66. The van der Waals surface area contributed by atoms with E-state index in [9.17, 15) is 4.39 Å². The van der Waals surface area contributed by atoms with E-state index >= 15 is 0 Å². The number of aliphatic hydroxyl groups is 1. The number of halogens is 1. The zero-order valence-electron chi connectivity index (χ0n) is 15.2. The van der Waals surface area contributed by atoms with Crippen molar-refractivity contribution in [2.45, 2.75) is 44.9 Å². The fourth-order valence-electron chi connectivity index (χ4n) is 2.77. The Hall–Kier alpha value is -2.20. The van der Waals surface area contributed by atoms with Crippen LogP contribution in [0.1, 0.15) is 49.7 Å². The summed E-state index contributed by atoms with van der Waals surface area (Å²) in [5, 5.41) is 16.9. The smallest absolute Gasteiger partial charge is 0.123 e. The van der Waals surface area contributed by atoms with Crippen LogP contribution < -0.4 is 4.74 Å². The summed E-state index contributed by atoms with van der Waals surface area (Å²) >= 11 is 0. The van der Waals surface area contributed by atoms with Crippen molar-refractivity contribution in [3.05, 3.63) is 65.5 Å². The molecule has 0 heterocycles. The number of hydrogen-bond donors (Lipinski definition) is 2. The molecule has 0 fully saturated rings. The summed E-state index contributed by atoms with van der Waals surface area (Å²) < 4.78 is 18.7. The topological polar surface area (TPSA) is 53.3 Å². The Labute approximate surface area is 155 Å². The Balaban J connectivity index is 1.68. The van der Waals surface area contributed by atoms with Crippen LogP contribution in [0.15, 0.2) is 48.5 Å². The molecular formula is C22H28FNO2. The Morgan fingerprint density at radius 2 is 1.46 bits per heavy atom. The summed E-state index contributed by atoms with van der Waals surface area (Å²) in [7, 11) is 0. The van der Waals surface area contributed by atoms with Gasteiger partial charge in [0, 0.05) is 18.7 Å². The van der Waals surface area contributed by atoms with E-state index in [0.29, 0.717) is 25.3 Å². The summed E-state index contributed by atoms with van der Waals surface area (Å²) in [5.41, 5.74) is 2.28. The first-order valence-electron chi connectivity index (χ1n) is 9.35. The van der Waals surface area contributed by atoms with Gasteiger partial charge in [0.1, 0.15) is 11.6 Å². The van der Waals surface area contributed by atoms with Gasteiger partial charge in [-0.25, -0.2) is 4.39 Å². The van der Waals surface area contributed by atoms with Crippen LogP contribution in [0.4, 0.5) is 4.39 Å². The maximum Gasteiger partial charge on any atom is 0.123 e. The van der Waals surface area contributed by atoms with Gasteiger partial charge in [-0.1, -0.05) is 37.8 Å². The average molecular weight is 357 g/mol. The Kier molecular flexibility index (Phi) is 8.84. The van der Waals surface area contributed by atoms with Gasteiger partial charge in [-0.3, -0.25) is 0 Å². The molecule has 2 N–H and O–H groups in total. The molecule has 4 heteroatoms. The highest BCUT2D eigenvalue weighted by Gasteiger charge is 2.04. The van der Waals surface area contributed by atoms with E-state index in [1.807, 2.05) is 24.3 Å². The summed E-state index contributed by atoms with van der Waals surface area (Å²) in [5.74, 6) is 0.565. The first-order valence-corrected chi connectivity index (χ1v) is 9.35. The Bertz CT molecular complexity index is 653. The summed E-state index contributed by atoms with van der Waals surface area (Å²) in [4.78, 5) is 0. The van der Waals surface area contributed by atoms with Crippen LogP contribution in [0, 0.1) is 11.2 Å². The third-order valence-corrected chi connectivity index (χ3v) is 4.32. The van der Waals surface area contributed by atoms with E-state index in [2.05, 4.69) is 0 Å². The van der Waals surface area contributed by atoms with Crippen LogP contribution in [0.2, 0.25) is 0 Å². The van der Waals surface area contributed by atoms with Crippen LogP contribution in [0.5, 0.6) is 5.75 Å². The van der Waals surface area contributed by atoms with E-state index in [1.165, 1.54) is 25.0 Å². The van der Waals surface area contributed by atoms with Crippen LogP contribution >= 0.6 is 0 Å². The molecule has 140 valence electrons. The molecule has 2 rings (SSSR count). The summed E-state index contributed by atoms with van der Waals surface area (Å²) in [6.07, 6.45) is 7.01. The van der Waals surface area contributed by atoms with Gasteiger partial charge in [-0.2, -0.15) is 0 Å². The van der Waals surface area contributed by atoms with Crippen LogP contribution in [0.3, 0.4) is 0 Å². The summed E-state index contributed by atoms with van der Waals surface area (Å²) in [6, 6.07) is 13.9. The van der Waals surface area contributed by atoms with E-state index in [-0.39, 0.29) is 5.82 Å². The highest BCUT2D eigenvalue weighted by Crippen LogP contribution is 2.15. The molecule has 0 saturated carbocycles. The third-order valence-electron chi connectivity index (χ3n) is 4.32. The number of ether oxygens (including phenoxy) is 1. The van der Waals surface area contributed by atoms with Crippen molar-refractivity contribution in [3.63, 3.8) is 0 Å². The lowest BCUT2D eigenvalue weighted by atomic mass is 10.0. The molecule has 26 heavy (non-hydrogen) atoms. The second-order valence-electron chi connectivity index (χ2n) is 6.50. The normalized spacial score (nSPS) is 10.7. The largest absolute Gasteiger partial charge is 0.494 e. The molecule has 0 radical (unpaired) electrons. The molecule has 0 saturated heterocycles. The highest BCUT2D eigenvalue weighted by atomic mass is 19.1. The minimum absolute atomic E-state index is 0.257. The number of hydrogen-bond acceptors (Lipinski definition) is 3. The van der Waals surface area contributed by atoms with Crippen molar-refractivity contribution >= 4 is 5.71 Å². The molecule has 0 amide bonds. The third kappa shape index (κ3) is 7.36. The van der Waals surface area contributed by atoms with Gasteiger partial charge in [-0.05, 0) is 60.4 Å². The maximum atomic E-state index is 12.9. The Morgan fingerprint density at radius 3 is 2.12 bits per heavy atom. The second-order valence-corrected chi connectivity index (χ2v) is 6.50. The minimum Gasteiger partial charge on any atom is -0.494 e. The van der Waals surface area contributed by atoms with Crippen LogP contribution in [-0.2, 0) is 6.42 Å². The van der Waals surface area contributed by atoms with Crippen molar-refractivity contribution < 1.29 is 14.2 Å². The van der Waals surface area contributed by atoms with Crippen molar-refractivity contribution in [2.75, 3.05) is 13.2 Å². The quantitative estimate of drug-likeness (QED) is 0.408. The fourth-order valence-corrected chi connectivity index (χ4v) is 2.77. The molecule has 2 aromatic carbocycles. The zero-order chi connectivity index (χ0) is 18.6. The molecular weight excluding hydrogens is 329 g/mol. The highest BCUT2D eigenvalue weighted by molar-refractivity contribution is 5.99. The lowest BCUT2D eigenvalue weighted by molar-refractivity contribution is 0.280. The molecule has 0 atom stereocenters. The van der Waals surface area contributed by atoms with E-state index in [0.717, 1.165) is 42.6 Å². The number of nitrogens with one attached hydrogen (secondary N) is 1. The molecule has 2 aromatic rings. The van der Waals surface area contributed by atoms with Gasteiger partial charge in [0.25, 0.3) is 0 Å². The van der Waals surface area contributed by atoms with Gasteiger partial charge in [-0.15, -0.1) is 0 Å². The number of aliphatic hydroxyl groups excluding tert-OH is 1. The molecule has 3 nitrogen and oxygen atoms in total. The predicted octanol–water partition coefficient (Wildman–Crippen LogP) is 5.15. The first kappa shape index (κ1) is 20.1. The van der Waals surface area contributed by atoms with Gasteiger partial charge in [0.15, 0.2) is 0 Å². The molecule has 0 aliphatic carbocycles. The predicted molar refractivity (Wildman–Crippen MR) is 104 cm³/mol. The van der Waals surface area contributed by atoms with E-state index in [1.54, 1.807) is 12.1 Å². The van der Waals surface area contributed by atoms with Crippen molar-refractivity contribution in [3.8, 4) is 5.75 Å². The first-order chi connectivity index (χ1) is 12.7. The number of rotatable bonds is 12. The van der Waals surface area contributed by atoms with Crippen molar-refractivity contribution in [1.29, 1.82) is 5.41 Å². The standard InChI is InChI=1S/C22H28FNO2/c23-20-11-7-18(8-12-20)17-22(24)19-9-13-21(14-10-19)26-16-6-4-2-1-3-5-15-25/h7-14,24-25H,1-6,15-17H2.